The Morgan fingerprint density at radius 1 is 1.27 bits per heavy atom. The summed E-state index contributed by atoms with van der Waals surface area (Å²) in [7, 11) is 0. The zero-order valence-corrected chi connectivity index (χ0v) is 9.04. The van der Waals surface area contributed by atoms with Crippen LogP contribution in [0.15, 0.2) is 30.5 Å². The number of aromatic amines is 1. The van der Waals surface area contributed by atoms with E-state index < -0.39 is 0 Å². The van der Waals surface area contributed by atoms with Crippen molar-refractivity contribution in [2.45, 2.75) is 6.92 Å². The standard InChI is InChI=1S/C11H10N2O.ClH/c1-8-2-4-9(5-3-8)11-12-6-10(7-14)13-11;/h2-7H,1H3,(H,12,13);1H. The molecule has 3 nitrogen and oxygen atoms in total. The summed E-state index contributed by atoms with van der Waals surface area (Å²) in [5, 5.41) is 0. The smallest absolute Gasteiger partial charge is 0.170 e. The molecular weight excluding hydrogens is 212 g/mol. The SMILES string of the molecule is Cc1ccc(-c2nc(C=O)c[nH]2)cc1.Cl. The molecule has 0 amide bonds. The van der Waals surface area contributed by atoms with Crippen LogP contribution in [0.3, 0.4) is 0 Å². The van der Waals surface area contributed by atoms with Crippen molar-refractivity contribution in [1.82, 2.24) is 9.97 Å². The molecule has 2 aromatic rings. The molecule has 1 N–H and O–H groups in total. The van der Waals surface area contributed by atoms with E-state index in [1.54, 1.807) is 6.20 Å². The van der Waals surface area contributed by atoms with E-state index in [9.17, 15) is 4.79 Å². The minimum absolute atomic E-state index is 0. The van der Waals surface area contributed by atoms with E-state index in [1.807, 2.05) is 31.2 Å². The number of H-pyrrole nitrogens is 1. The van der Waals surface area contributed by atoms with Crippen LogP contribution in [0.5, 0.6) is 0 Å². The van der Waals surface area contributed by atoms with Crippen molar-refractivity contribution >= 4 is 18.7 Å². The molecule has 2 rings (SSSR count). The lowest BCUT2D eigenvalue weighted by atomic mass is 10.1. The fraction of sp³-hybridized carbons (Fsp3) is 0.0909. The molecule has 0 aliphatic carbocycles. The molecule has 4 heteroatoms. The van der Waals surface area contributed by atoms with Crippen molar-refractivity contribution in [3.8, 4) is 11.4 Å². The first-order chi connectivity index (χ1) is 6.79. The third-order valence-electron chi connectivity index (χ3n) is 2.04. The van der Waals surface area contributed by atoms with Gasteiger partial charge >= 0.3 is 0 Å². The molecule has 0 aliphatic rings. The Bertz CT molecular complexity index is 448. The van der Waals surface area contributed by atoms with Gasteiger partial charge in [-0.1, -0.05) is 29.8 Å². The highest BCUT2D eigenvalue weighted by Gasteiger charge is 2.01. The topological polar surface area (TPSA) is 45.8 Å². The molecule has 78 valence electrons. The van der Waals surface area contributed by atoms with E-state index in [-0.39, 0.29) is 12.4 Å². The number of imidazole rings is 1. The minimum Gasteiger partial charge on any atom is -0.344 e. The summed E-state index contributed by atoms with van der Waals surface area (Å²) in [6, 6.07) is 7.97. The van der Waals surface area contributed by atoms with Crippen LogP contribution in [0, 0.1) is 6.92 Å². The molecule has 15 heavy (non-hydrogen) atoms. The number of benzene rings is 1. The van der Waals surface area contributed by atoms with Gasteiger partial charge in [0.15, 0.2) is 6.29 Å². The highest BCUT2D eigenvalue weighted by molar-refractivity contribution is 5.85. The lowest BCUT2D eigenvalue weighted by molar-refractivity contribution is 0.111. The van der Waals surface area contributed by atoms with E-state index in [0.717, 1.165) is 17.7 Å². The fourth-order valence-electron chi connectivity index (χ4n) is 1.26. The maximum absolute atomic E-state index is 10.4. The minimum atomic E-state index is 0. The second-order valence-electron chi connectivity index (χ2n) is 3.16. The Balaban J connectivity index is 0.00000112. The third-order valence-corrected chi connectivity index (χ3v) is 2.04. The maximum Gasteiger partial charge on any atom is 0.170 e. The van der Waals surface area contributed by atoms with Crippen LogP contribution in [0.25, 0.3) is 11.4 Å². The second kappa shape index (κ2) is 4.75. The van der Waals surface area contributed by atoms with Crippen LogP contribution in [-0.4, -0.2) is 16.3 Å². The van der Waals surface area contributed by atoms with Gasteiger partial charge in [-0.25, -0.2) is 4.98 Å². The summed E-state index contributed by atoms with van der Waals surface area (Å²) in [4.78, 5) is 17.5. The van der Waals surface area contributed by atoms with Gasteiger partial charge in [0.1, 0.15) is 11.5 Å². The fourth-order valence-corrected chi connectivity index (χ4v) is 1.26. The van der Waals surface area contributed by atoms with Crippen molar-refractivity contribution in [2.24, 2.45) is 0 Å². The number of aldehydes is 1. The van der Waals surface area contributed by atoms with Gasteiger partial charge in [-0.2, -0.15) is 0 Å². The normalized spacial score (nSPS) is 9.40. The predicted molar refractivity (Wildman–Crippen MR) is 61.4 cm³/mol. The van der Waals surface area contributed by atoms with E-state index in [1.165, 1.54) is 5.56 Å². The first-order valence-corrected chi connectivity index (χ1v) is 4.37. The Morgan fingerprint density at radius 3 is 2.47 bits per heavy atom. The van der Waals surface area contributed by atoms with Crippen LogP contribution in [0.1, 0.15) is 16.1 Å². The highest BCUT2D eigenvalue weighted by atomic mass is 35.5. The lowest BCUT2D eigenvalue weighted by Gasteiger charge is -1.96. The summed E-state index contributed by atoms with van der Waals surface area (Å²) in [5.41, 5.74) is 2.63. The summed E-state index contributed by atoms with van der Waals surface area (Å²) in [5.74, 6) is 0.729. The summed E-state index contributed by atoms with van der Waals surface area (Å²) >= 11 is 0. The average Bonchev–Trinajstić information content (AvgIpc) is 2.67. The van der Waals surface area contributed by atoms with Gasteiger partial charge in [0.2, 0.25) is 0 Å². The molecule has 0 radical (unpaired) electrons. The van der Waals surface area contributed by atoms with Crippen LogP contribution < -0.4 is 0 Å². The summed E-state index contributed by atoms with van der Waals surface area (Å²) in [6.07, 6.45) is 2.33. The number of aromatic nitrogens is 2. The first-order valence-electron chi connectivity index (χ1n) is 4.37. The van der Waals surface area contributed by atoms with Gasteiger partial charge in [-0.15, -0.1) is 12.4 Å². The quantitative estimate of drug-likeness (QED) is 0.794. The van der Waals surface area contributed by atoms with Gasteiger partial charge in [0, 0.05) is 11.8 Å². The molecular formula is C11H11ClN2O. The molecule has 0 atom stereocenters. The van der Waals surface area contributed by atoms with Crippen molar-refractivity contribution < 1.29 is 4.79 Å². The zero-order valence-electron chi connectivity index (χ0n) is 8.23. The molecule has 1 heterocycles. The van der Waals surface area contributed by atoms with E-state index in [0.29, 0.717) is 5.69 Å². The van der Waals surface area contributed by atoms with Crippen LogP contribution >= 0.6 is 12.4 Å². The van der Waals surface area contributed by atoms with Gasteiger partial charge in [-0.05, 0) is 6.92 Å². The van der Waals surface area contributed by atoms with Crippen molar-refractivity contribution in [3.63, 3.8) is 0 Å². The van der Waals surface area contributed by atoms with E-state index in [4.69, 9.17) is 0 Å². The van der Waals surface area contributed by atoms with Gasteiger partial charge < -0.3 is 4.98 Å². The molecule has 0 unspecified atom stereocenters. The van der Waals surface area contributed by atoms with Crippen LogP contribution in [0.4, 0.5) is 0 Å². The molecule has 0 fully saturated rings. The molecule has 0 saturated carbocycles. The van der Waals surface area contributed by atoms with Crippen LogP contribution in [-0.2, 0) is 0 Å². The Labute approximate surface area is 94.0 Å². The molecule has 0 bridgehead atoms. The number of hydrogen-bond donors (Lipinski definition) is 1. The Kier molecular flexibility index (Phi) is 3.63. The average molecular weight is 223 g/mol. The number of halogens is 1. The van der Waals surface area contributed by atoms with E-state index >= 15 is 0 Å². The molecule has 1 aromatic carbocycles. The monoisotopic (exact) mass is 222 g/mol. The van der Waals surface area contributed by atoms with Crippen molar-refractivity contribution in [3.05, 3.63) is 41.7 Å². The number of rotatable bonds is 2. The molecule has 0 spiro atoms. The molecule has 0 saturated heterocycles. The van der Waals surface area contributed by atoms with Gasteiger partial charge in [0.25, 0.3) is 0 Å². The summed E-state index contributed by atoms with van der Waals surface area (Å²) in [6.45, 7) is 2.03. The number of carbonyl (C=O) groups is 1. The Hall–Kier alpha value is -1.61. The third kappa shape index (κ3) is 2.44. The van der Waals surface area contributed by atoms with Gasteiger partial charge in [-0.3, -0.25) is 4.79 Å². The Morgan fingerprint density at radius 2 is 1.93 bits per heavy atom. The van der Waals surface area contributed by atoms with Crippen molar-refractivity contribution in [2.75, 3.05) is 0 Å². The summed E-state index contributed by atoms with van der Waals surface area (Å²) < 4.78 is 0. The maximum atomic E-state index is 10.4. The number of aryl methyl sites for hydroxylation is 1. The number of nitrogens with one attached hydrogen (secondary N) is 1. The van der Waals surface area contributed by atoms with Crippen LogP contribution in [0.2, 0.25) is 0 Å². The molecule has 1 aromatic heterocycles. The second-order valence-corrected chi connectivity index (χ2v) is 3.16. The number of carbonyl (C=O) groups excluding carboxylic acids is 1. The largest absolute Gasteiger partial charge is 0.344 e. The predicted octanol–water partition coefficient (Wildman–Crippen LogP) is 2.62. The highest BCUT2D eigenvalue weighted by Crippen LogP contribution is 2.15. The number of nitrogens with zero attached hydrogens (tertiary/aromatic N) is 1. The van der Waals surface area contributed by atoms with Gasteiger partial charge in [0.05, 0.1) is 0 Å². The number of hydrogen-bond acceptors (Lipinski definition) is 2. The first kappa shape index (κ1) is 11.5. The van der Waals surface area contributed by atoms with E-state index in [2.05, 4.69) is 9.97 Å². The lowest BCUT2D eigenvalue weighted by Crippen LogP contribution is -1.82. The molecule has 0 aliphatic heterocycles. The zero-order chi connectivity index (χ0) is 9.97. The van der Waals surface area contributed by atoms with Crippen molar-refractivity contribution in [1.29, 1.82) is 0 Å².